The van der Waals surface area contributed by atoms with Crippen LogP contribution in [0.15, 0.2) is 12.1 Å². The molecule has 74 valence electrons. The molecule has 0 spiro atoms. The van der Waals surface area contributed by atoms with E-state index in [4.69, 9.17) is 0 Å². The summed E-state index contributed by atoms with van der Waals surface area (Å²) in [5.74, 6) is 1.10. The Labute approximate surface area is 84.4 Å². The van der Waals surface area contributed by atoms with E-state index in [1.165, 1.54) is 11.1 Å². The van der Waals surface area contributed by atoms with Gasteiger partial charge in [0.15, 0.2) is 0 Å². The van der Waals surface area contributed by atoms with Gasteiger partial charge in [-0.25, -0.2) is 4.98 Å². The van der Waals surface area contributed by atoms with Crippen molar-refractivity contribution in [2.24, 2.45) is 0 Å². The summed E-state index contributed by atoms with van der Waals surface area (Å²) in [6.07, 6.45) is 2.17. The molecule has 0 saturated heterocycles. The zero-order chi connectivity index (χ0) is 10.1. The number of imidazole rings is 1. The van der Waals surface area contributed by atoms with E-state index >= 15 is 0 Å². The first-order chi connectivity index (χ1) is 6.70. The second-order valence-corrected chi connectivity index (χ2v) is 3.89. The minimum atomic E-state index is 1.03. The predicted octanol–water partition coefficient (Wildman–Crippen LogP) is 3.13. The Morgan fingerprint density at radius 1 is 1.21 bits per heavy atom. The number of aromatic nitrogens is 2. The van der Waals surface area contributed by atoms with E-state index in [9.17, 15) is 0 Å². The highest BCUT2D eigenvalue weighted by molar-refractivity contribution is 5.77. The number of nitrogens with one attached hydrogen (secondary N) is 1. The maximum atomic E-state index is 4.55. The molecule has 2 heteroatoms. The molecule has 0 radical (unpaired) electrons. The summed E-state index contributed by atoms with van der Waals surface area (Å²) in [4.78, 5) is 7.90. The van der Waals surface area contributed by atoms with E-state index in [-0.39, 0.29) is 0 Å². The van der Waals surface area contributed by atoms with Crippen LogP contribution >= 0.6 is 0 Å². The summed E-state index contributed by atoms with van der Waals surface area (Å²) in [6, 6.07) is 4.33. The Bertz CT molecular complexity index is 416. The maximum absolute atomic E-state index is 4.55. The number of rotatable bonds is 2. The third-order valence-corrected chi connectivity index (χ3v) is 2.63. The molecule has 0 atom stereocenters. The minimum absolute atomic E-state index is 1.03. The molecule has 0 bridgehead atoms. The monoisotopic (exact) mass is 188 g/mol. The Balaban J connectivity index is 2.54. The number of nitrogens with zero attached hydrogens (tertiary/aromatic N) is 1. The van der Waals surface area contributed by atoms with Crippen molar-refractivity contribution in [1.82, 2.24) is 9.97 Å². The van der Waals surface area contributed by atoms with Crippen LogP contribution in [0.1, 0.15) is 30.3 Å². The quantitative estimate of drug-likeness (QED) is 0.770. The second kappa shape index (κ2) is 3.45. The molecule has 0 fully saturated rings. The van der Waals surface area contributed by atoms with Crippen LogP contribution in [-0.4, -0.2) is 9.97 Å². The van der Waals surface area contributed by atoms with Gasteiger partial charge < -0.3 is 4.98 Å². The van der Waals surface area contributed by atoms with Crippen molar-refractivity contribution < 1.29 is 0 Å². The zero-order valence-electron chi connectivity index (χ0n) is 9.02. The average molecular weight is 188 g/mol. The first-order valence-corrected chi connectivity index (χ1v) is 5.16. The van der Waals surface area contributed by atoms with Crippen LogP contribution in [0.2, 0.25) is 0 Å². The van der Waals surface area contributed by atoms with Gasteiger partial charge in [0.2, 0.25) is 0 Å². The minimum Gasteiger partial charge on any atom is -0.342 e. The van der Waals surface area contributed by atoms with Crippen molar-refractivity contribution in [1.29, 1.82) is 0 Å². The van der Waals surface area contributed by atoms with Crippen LogP contribution in [0, 0.1) is 13.8 Å². The standard InChI is InChI=1S/C12H16N2/c1-4-5-12-13-10-6-8(2)9(3)7-11(10)14-12/h6-7H,4-5H2,1-3H3,(H,13,14). The first kappa shape index (κ1) is 9.25. The molecule has 0 aliphatic carbocycles. The molecule has 2 aromatic rings. The fourth-order valence-electron chi connectivity index (χ4n) is 1.68. The van der Waals surface area contributed by atoms with Gasteiger partial charge in [-0.3, -0.25) is 0 Å². The Morgan fingerprint density at radius 2 is 1.93 bits per heavy atom. The molecule has 0 aliphatic rings. The number of hydrogen-bond acceptors (Lipinski definition) is 1. The summed E-state index contributed by atoms with van der Waals surface area (Å²) in [7, 11) is 0. The summed E-state index contributed by atoms with van der Waals surface area (Å²) >= 11 is 0. The predicted molar refractivity (Wildman–Crippen MR) is 59.6 cm³/mol. The lowest BCUT2D eigenvalue weighted by atomic mass is 10.1. The molecular formula is C12H16N2. The van der Waals surface area contributed by atoms with Gasteiger partial charge in [0.25, 0.3) is 0 Å². The van der Waals surface area contributed by atoms with Gasteiger partial charge in [-0.1, -0.05) is 6.92 Å². The van der Waals surface area contributed by atoms with E-state index in [1.807, 2.05) is 0 Å². The van der Waals surface area contributed by atoms with Gasteiger partial charge >= 0.3 is 0 Å². The van der Waals surface area contributed by atoms with Crippen LogP contribution in [0.4, 0.5) is 0 Å². The largest absolute Gasteiger partial charge is 0.342 e. The molecule has 1 heterocycles. The van der Waals surface area contributed by atoms with Gasteiger partial charge in [-0.05, 0) is 43.5 Å². The topological polar surface area (TPSA) is 28.7 Å². The van der Waals surface area contributed by atoms with Gasteiger partial charge in [0.05, 0.1) is 11.0 Å². The Kier molecular flexibility index (Phi) is 2.28. The fourth-order valence-corrected chi connectivity index (χ4v) is 1.68. The normalized spacial score (nSPS) is 11.1. The van der Waals surface area contributed by atoms with Crippen LogP contribution in [-0.2, 0) is 6.42 Å². The molecule has 0 saturated carbocycles. The lowest BCUT2D eigenvalue weighted by Crippen LogP contribution is -1.83. The highest BCUT2D eigenvalue weighted by Crippen LogP contribution is 2.17. The van der Waals surface area contributed by atoms with Gasteiger partial charge in [-0.2, -0.15) is 0 Å². The van der Waals surface area contributed by atoms with Crippen molar-refractivity contribution in [3.8, 4) is 0 Å². The summed E-state index contributed by atoms with van der Waals surface area (Å²) in [5, 5.41) is 0. The fraction of sp³-hybridized carbons (Fsp3) is 0.417. The lowest BCUT2D eigenvalue weighted by molar-refractivity contribution is 0.861. The third kappa shape index (κ3) is 1.52. The number of aromatic amines is 1. The van der Waals surface area contributed by atoms with Crippen molar-refractivity contribution in [2.75, 3.05) is 0 Å². The van der Waals surface area contributed by atoms with Gasteiger partial charge in [0.1, 0.15) is 5.82 Å². The highest BCUT2D eigenvalue weighted by Gasteiger charge is 2.03. The van der Waals surface area contributed by atoms with Crippen LogP contribution in [0.5, 0.6) is 0 Å². The Morgan fingerprint density at radius 3 is 2.64 bits per heavy atom. The first-order valence-electron chi connectivity index (χ1n) is 5.16. The molecule has 0 aliphatic heterocycles. The molecule has 2 nitrogen and oxygen atoms in total. The number of benzene rings is 1. The number of aryl methyl sites for hydroxylation is 3. The van der Waals surface area contributed by atoms with Crippen molar-refractivity contribution in [2.45, 2.75) is 33.6 Å². The summed E-state index contributed by atoms with van der Waals surface area (Å²) in [5.41, 5.74) is 4.89. The van der Waals surface area contributed by atoms with Crippen LogP contribution < -0.4 is 0 Å². The number of hydrogen-bond donors (Lipinski definition) is 1. The van der Waals surface area contributed by atoms with Gasteiger partial charge in [0, 0.05) is 6.42 Å². The average Bonchev–Trinajstić information content (AvgIpc) is 2.48. The molecule has 1 aromatic carbocycles. The molecule has 0 unspecified atom stereocenters. The molecule has 0 amide bonds. The molecule has 1 N–H and O–H groups in total. The van der Waals surface area contributed by atoms with Crippen molar-refractivity contribution in [3.05, 3.63) is 29.1 Å². The lowest BCUT2D eigenvalue weighted by Gasteiger charge is -1.97. The summed E-state index contributed by atoms with van der Waals surface area (Å²) in [6.45, 7) is 6.43. The van der Waals surface area contributed by atoms with E-state index in [0.717, 1.165) is 29.7 Å². The van der Waals surface area contributed by atoms with Crippen LogP contribution in [0.25, 0.3) is 11.0 Å². The molecular weight excluding hydrogens is 172 g/mol. The van der Waals surface area contributed by atoms with E-state index in [0.29, 0.717) is 0 Å². The molecule has 2 rings (SSSR count). The third-order valence-electron chi connectivity index (χ3n) is 2.63. The summed E-state index contributed by atoms with van der Waals surface area (Å²) < 4.78 is 0. The molecule has 1 aromatic heterocycles. The SMILES string of the molecule is CCCc1nc2cc(C)c(C)cc2[nH]1. The van der Waals surface area contributed by atoms with E-state index < -0.39 is 0 Å². The smallest absolute Gasteiger partial charge is 0.107 e. The van der Waals surface area contributed by atoms with E-state index in [2.05, 4.69) is 42.9 Å². The van der Waals surface area contributed by atoms with Crippen LogP contribution in [0.3, 0.4) is 0 Å². The highest BCUT2D eigenvalue weighted by atomic mass is 14.9. The number of fused-ring (bicyclic) bond motifs is 1. The van der Waals surface area contributed by atoms with Gasteiger partial charge in [-0.15, -0.1) is 0 Å². The second-order valence-electron chi connectivity index (χ2n) is 3.89. The van der Waals surface area contributed by atoms with Crippen molar-refractivity contribution in [3.63, 3.8) is 0 Å². The molecule has 14 heavy (non-hydrogen) atoms. The zero-order valence-corrected chi connectivity index (χ0v) is 9.02. The number of H-pyrrole nitrogens is 1. The Hall–Kier alpha value is -1.31. The maximum Gasteiger partial charge on any atom is 0.107 e. The van der Waals surface area contributed by atoms with E-state index in [1.54, 1.807) is 0 Å². The van der Waals surface area contributed by atoms with Crippen molar-refractivity contribution >= 4 is 11.0 Å².